The molecule has 178 valence electrons. The van der Waals surface area contributed by atoms with Crippen LogP contribution in [-0.2, 0) is 32.6 Å². The van der Waals surface area contributed by atoms with Crippen molar-refractivity contribution in [1.82, 2.24) is 14.9 Å². The highest BCUT2D eigenvalue weighted by Crippen LogP contribution is 2.22. The lowest BCUT2D eigenvalue weighted by Crippen LogP contribution is -2.48. The summed E-state index contributed by atoms with van der Waals surface area (Å²) in [6, 6.07) is 15.3. The summed E-state index contributed by atoms with van der Waals surface area (Å²) in [5, 5.41) is 11.6. The minimum absolute atomic E-state index is 0.0412. The quantitative estimate of drug-likeness (QED) is 0.433. The van der Waals surface area contributed by atoms with Crippen LogP contribution in [0.2, 0.25) is 0 Å². The molecular weight excluding hydrogens is 442 g/mol. The van der Waals surface area contributed by atoms with E-state index in [0.717, 1.165) is 24.0 Å². The van der Waals surface area contributed by atoms with Crippen LogP contribution in [0.15, 0.2) is 59.5 Å². The van der Waals surface area contributed by atoms with E-state index in [4.69, 9.17) is 5.11 Å². The van der Waals surface area contributed by atoms with Gasteiger partial charge in [0.15, 0.2) is 0 Å². The molecular formula is C24H31N3O5S. The van der Waals surface area contributed by atoms with Crippen molar-refractivity contribution in [2.75, 3.05) is 13.2 Å². The molecule has 1 atom stereocenters. The average molecular weight is 474 g/mol. The number of hydrogen-bond acceptors (Lipinski definition) is 5. The standard InChI is InChI=1S/C24H31N3O5S/c1-18(24(30)25-15-16-28)27(17-20-5-3-2-4-6-20)23(29)14-9-19-7-12-22(13-8-19)33(31,32)26-21-10-11-21/h2-8,12-13,18,21,26,28H,9-11,14-17H2,1H3,(H,25,30). The van der Waals surface area contributed by atoms with Gasteiger partial charge in [-0.25, -0.2) is 13.1 Å². The fourth-order valence-corrected chi connectivity index (χ4v) is 4.71. The third kappa shape index (κ3) is 7.38. The van der Waals surface area contributed by atoms with Crippen molar-refractivity contribution in [3.05, 3.63) is 65.7 Å². The Hall–Kier alpha value is -2.75. The van der Waals surface area contributed by atoms with Gasteiger partial charge in [-0.2, -0.15) is 0 Å². The van der Waals surface area contributed by atoms with E-state index in [1.54, 1.807) is 31.2 Å². The molecule has 1 aliphatic carbocycles. The largest absolute Gasteiger partial charge is 0.395 e. The first-order valence-corrected chi connectivity index (χ1v) is 12.6. The summed E-state index contributed by atoms with van der Waals surface area (Å²) in [6.45, 7) is 1.91. The molecule has 1 unspecified atom stereocenters. The Morgan fingerprint density at radius 2 is 1.73 bits per heavy atom. The lowest BCUT2D eigenvalue weighted by atomic mass is 10.1. The van der Waals surface area contributed by atoms with Crippen molar-refractivity contribution >= 4 is 21.8 Å². The van der Waals surface area contributed by atoms with Crippen molar-refractivity contribution in [3.63, 3.8) is 0 Å². The molecule has 9 heteroatoms. The first-order valence-electron chi connectivity index (χ1n) is 11.1. The summed E-state index contributed by atoms with van der Waals surface area (Å²) in [4.78, 5) is 27.3. The number of hydrogen-bond donors (Lipinski definition) is 3. The number of nitrogens with zero attached hydrogens (tertiary/aromatic N) is 1. The van der Waals surface area contributed by atoms with Crippen LogP contribution in [0.5, 0.6) is 0 Å². The second-order valence-electron chi connectivity index (χ2n) is 8.24. The topological polar surface area (TPSA) is 116 Å². The van der Waals surface area contributed by atoms with Gasteiger partial charge in [0, 0.05) is 25.6 Å². The van der Waals surface area contributed by atoms with Gasteiger partial charge in [0.25, 0.3) is 0 Å². The first-order chi connectivity index (χ1) is 15.8. The molecule has 33 heavy (non-hydrogen) atoms. The van der Waals surface area contributed by atoms with E-state index in [2.05, 4.69) is 10.0 Å². The Morgan fingerprint density at radius 1 is 1.06 bits per heavy atom. The van der Waals surface area contributed by atoms with Gasteiger partial charge < -0.3 is 15.3 Å². The number of aryl methyl sites for hydroxylation is 1. The number of carbonyl (C=O) groups excluding carboxylic acids is 2. The van der Waals surface area contributed by atoms with Gasteiger partial charge in [0.2, 0.25) is 21.8 Å². The number of aliphatic hydroxyl groups is 1. The third-order valence-corrected chi connectivity index (χ3v) is 7.07. The predicted octanol–water partition coefficient (Wildman–Crippen LogP) is 1.59. The Kier molecular flexibility index (Phi) is 8.60. The van der Waals surface area contributed by atoms with Gasteiger partial charge in [0.05, 0.1) is 11.5 Å². The minimum atomic E-state index is -3.51. The zero-order valence-electron chi connectivity index (χ0n) is 18.7. The Bertz CT molecular complexity index is 1040. The van der Waals surface area contributed by atoms with Crippen LogP contribution in [0.4, 0.5) is 0 Å². The van der Waals surface area contributed by atoms with Gasteiger partial charge in [-0.05, 0) is 49.4 Å². The van der Waals surface area contributed by atoms with Crippen LogP contribution in [0, 0.1) is 0 Å². The van der Waals surface area contributed by atoms with Gasteiger partial charge in [-0.3, -0.25) is 9.59 Å². The SMILES string of the molecule is CC(C(=O)NCCO)N(Cc1ccccc1)C(=O)CCc1ccc(S(=O)(=O)NC2CC2)cc1. The smallest absolute Gasteiger partial charge is 0.242 e. The highest BCUT2D eigenvalue weighted by atomic mass is 32.2. The monoisotopic (exact) mass is 473 g/mol. The zero-order chi connectivity index (χ0) is 23.8. The van der Waals surface area contributed by atoms with E-state index in [-0.39, 0.29) is 48.9 Å². The number of sulfonamides is 1. The molecule has 1 aliphatic rings. The predicted molar refractivity (Wildman–Crippen MR) is 125 cm³/mol. The minimum Gasteiger partial charge on any atom is -0.395 e. The van der Waals surface area contributed by atoms with E-state index < -0.39 is 16.1 Å². The Labute approximate surface area is 195 Å². The summed E-state index contributed by atoms with van der Waals surface area (Å²) in [6.07, 6.45) is 2.34. The summed E-state index contributed by atoms with van der Waals surface area (Å²) >= 11 is 0. The van der Waals surface area contributed by atoms with Crippen LogP contribution in [-0.4, -0.2) is 55.5 Å². The molecule has 2 aromatic rings. The average Bonchev–Trinajstić information content (AvgIpc) is 3.63. The molecule has 0 heterocycles. The van der Waals surface area contributed by atoms with Crippen LogP contribution in [0.25, 0.3) is 0 Å². The molecule has 1 fully saturated rings. The molecule has 0 spiro atoms. The summed E-state index contributed by atoms with van der Waals surface area (Å²) < 4.78 is 27.3. The molecule has 8 nitrogen and oxygen atoms in total. The maximum absolute atomic E-state index is 13.1. The van der Waals surface area contributed by atoms with Crippen molar-refractivity contribution in [3.8, 4) is 0 Å². The van der Waals surface area contributed by atoms with Crippen molar-refractivity contribution < 1.29 is 23.1 Å². The molecule has 2 amide bonds. The van der Waals surface area contributed by atoms with Crippen molar-refractivity contribution in [2.24, 2.45) is 0 Å². The molecule has 0 bridgehead atoms. The summed E-state index contributed by atoms with van der Waals surface area (Å²) in [5.74, 6) is -0.511. The normalized spacial score (nSPS) is 14.5. The van der Waals surface area contributed by atoms with Gasteiger partial charge in [-0.1, -0.05) is 42.5 Å². The zero-order valence-corrected chi connectivity index (χ0v) is 19.6. The number of carbonyl (C=O) groups is 2. The van der Waals surface area contributed by atoms with E-state index >= 15 is 0 Å². The lowest BCUT2D eigenvalue weighted by Gasteiger charge is -2.29. The maximum atomic E-state index is 13.1. The van der Waals surface area contributed by atoms with E-state index in [9.17, 15) is 18.0 Å². The number of benzene rings is 2. The van der Waals surface area contributed by atoms with Crippen LogP contribution in [0.3, 0.4) is 0 Å². The highest BCUT2D eigenvalue weighted by molar-refractivity contribution is 7.89. The molecule has 0 aromatic heterocycles. The van der Waals surface area contributed by atoms with Crippen molar-refractivity contribution in [1.29, 1.82) is 0 Å². The molecule has 3 rings (SSSR count). The molecule has 0 radical (unpaired) electrons. The van der Waals surface area contributed by atoms with Crippen LogP contribution < -0.4 is 10.0 Å². The second-order valence-corrected chi connectivity index (χ2v) is 9.95. The molecule has 1 saturated carbocycles. The Morgan fingerprint density at radius 3 is 2.33 bits per heavy atom. The fraction of sp³-hybridized carbons (Fsp3) is 0.417. The van der Waals surface area contributed by atoms with Crippen LogP contribution in [0.1, 0.15) is 37.3 Å². The van der Waals surface area contributed by atoms with Gasteiger partial charge >= 0.3 is 0 Å². The number of nitrogens with one attached hydrogen (secondary N) is 2. The molecule has 0 aliphatic heterocycles. The third-order valence-electron chi connectivity index (χ3n) is 5.53. The van der Waals surface area contributed by atoms with Crippen molar-refractivity contribution in [2.45, 2.75) is 56.1 Å². The number of amides is 2. The van der Waals surface area contributed by atoms with Gasteiger partial charge in [-0.15, -0.1) is 0 Å². The highest BCUT2D eigenvalue weighted by Gasteiger charge is 2.28. The lowest BCUT2D eigenvalue weighted by molar-refractivity contribution is -0.140. The number of aliphatic hydroxyl groups excluding tert-OH is 1. The molecule has 3 N–H and O–H groups in total. The number of rotatable bonds is 12. The fourth-order valence-electron chi connectivity index (χ4n) is 3.41. The van der Waals surface area contributed by atoms with E-state index in [1.165, 1.54) is 4.90 Å². The molecule has 2 aromatic carbocycles. The van der Waals surface area contributed by atoms with Crippen LogP contribution >= 0.6 is 0 Å². The van der Waals surface area contributed by atoms with Gasteiger partial charge in [0.1, 0.15) is 6.04 Å². The van der Waals surface area contributed by atoms with E-state index in [1.807, 2.05) is 30.3 Å². The summed E-state index contributed by atoms with van der Waals surface area (Å²) in [5.41, 5.74) is 1.75. The second kappa shape index (κ2) is 11.4. The summed E-state index contributed by atoms with van der Waals surface area (Å²) in [7, 11) is -3.51. The Balaban J connectivity index is 1.64. The maximum Gasteiger partial charge on any atom is 0.242 e. The first kappa shape index (κ1) is 24.9. The molecule has 0 saturated heterocycles. The van der Waals surface area contributed by atoms with E-state index in [0.29, 0.717) is 6.42 Å².